The van der Waals surface area contributed by atoms with E-state index in [-0.39, 0.29) is 23.8 Å². The normalized spacial score (nSPS) is 13.5. The number of piperazine rings is 1. The summed E-state index contributed by atoms with van der Waals surface area (Å²) in [7, 11) is 3.03. The molecule has 0 unspecified atom stereocenters. The van der Waals surface area contributed by atoms with E-state index >= 15 is 0 Å². The van der Waals surface area contributed by atoms with E-state index in [9.17, 15) is 19.7 Å². The number of carbonyl (C=O) groups excluding carboxylic acids is 2. The zero-order chi connectivity index (χ0) is 23.3. The largest absolute Gasteiger partial charge is 0.493 e. The second-order valence-electron chi connectivity index (χ2n) is 7.03. The number of methoxy groups -OCH3 is 2. The number of amides is 1. The molecular weight excluding hydrogens is 418 g/mol. The Morgan fingerprint density at radius 3 is 2.22 bits per heavy atom. The van der Waals surface area contributed by atoms with Gasteiger partial charge in [-0.15, -0.1) is 0 Å². The summed E-state index contributed by atoms with van der Waals surface area (Å²) >= 11 is 0. The van der Waals surface area contributed by atoms with E-state index in [2.05, 4.69) is 0 Å². The van der Waals surface area contributed by atoms with Crippen molar-refractivity contribution < 1.29 is 28.7 Å². The molecule has 170 valence electrons. The molecule has 1 saturated heterocycles. The maximum atomic E-state index is 12.9. The van der Waals surface area contributed by atoms with Crippen LogP contribution in [-0.2, 0) is 4.74 Å². The van der Waals surface area contributed by atoms with Gasteiger partial charge in [0.25, 0.3) is 11.6 Å². The monoisotopic (exact) mass is 443 g/mol. The molecule has 2 aromatic carbocycles. The summed E-state index contributed by atoms with van der Waals surface area (Å²) in [5, 5.41) is 11.6. The van der Waals surface area contributed by atoms with E-state index in [1.165, 1.54) is 26.4 Å². The van der Waals surface area contributed by atoms with E-state index in [0.717, 1.165) is 0 Å². The number of ether oxygens (including phenoxy) is 3. The smallest absolute Gasteiger partial charge is 0.338 e. The molecule has 0 N–H and O–H groups in total. The van der Waals surface area contributed by atoms with Gasteiger partial charge in [0.15, 0.2) is 11.5 Å². The Labute approximate surface area is 185 Å². The molecule has 0 saturated carbocycles. The van der Waals surface area contributed by atoms with Gasteiger partial charge in [-0.05, 0) is 37.3 Å². The highest BCUT2D eigenvalue weighted by Gasteiger charge is 2.28. The third-order valence-electron chi connectivity index (χ3n) is 5.22. The molecule has 1 fully saturated rings. The van der Waals surface area contributed by atoms with Gasteiger partial charge in [0.1, 0.15) is 5.69 Å². The van der Waals surface area contributed by atoms with Crippen molar-refractivity contribution in [1.82, 2.24) is 4.90 Å². The lowest BCUT2D eigenvalue weighted by Gasteiger charge is -2.36. The molecule has 0 radical (unpaired) electrons. The van der Waals surface area contributed by atoms with Crippen LogP contribution in [0.15, 0.2) is 36.4 Å². The molecule has 1 heterocycles. The maximum Gasteiger partial charge on any atom is 0.338 e. The number of anilines is 1. The number of hydrogen-bond acceptors (Lipinski definition) is 8. The van der Waals surface area contributed by atoms with E-state index in [0.29, 0.717) is 48.9 Å². The molecule has 0 aromatic heterocycles. The van der Waals surface area contributed by atoms with Crippen molar-refractivity contribution in [3.05, 3.63) is 57.6 Å². The lowest BCUT2D eigenvalue weighted by Crippen LogP contribution is -2.49. The van der Waals surface area contributed by atoms with Crippen molar-refractivity contribution in [3.8, 4) is 11.5 Å². The van der Waals surface area contributed by atoms with Crippen LogP contribution in [0.2, 0.25) is 0 Å². The predicted octanol–water partition coefficient (Wildman–Crippen LogP) is 2.75. The molecular formula is C22H25N3O7. The van der Waals surface area contributed by atoms with Crippen LogP contribution < -0.4 is 14.4 Å². The molecule has 0 spiro atoms. The van der Waals surface area contributed by atoms with Crippen molar-refractivity contribution in [2.45, 2.75) is 6.92 Å². The Morgan fingerprint density at radius 1 is 0.969 bits per heavy atom. The van der Waals surface area contributed by atoms with Gasteiger partial charge < -0.3 is 24.0 Å². The number of nitro groups is 1. The van der Waals surface area contributed by atoms with Gasteiger partial charge in [-0.1, -0.05) is 0 Å². The fourth-order valence-electron chi connectivity index (χ4n) is 3.58. The first-order valence-corrected chi connectivity index (χ1v) is 10.1. The molecule has 32 heavy (non-hydrogen) atoms. The first kappa shape index (κ1) is 22.9. The van der Waals surface area contributed by atoms with E-state index in [1.807, 2.05) is 4.90 Å². The van der Waals surface area contributed by atoms with Crippen molar-refractivity contribution in [2.24, 2.45) is 0 Å². The SMILES string of the molecule is CCOC(=O)c1ccc(N2CCN(C(=O)c3ccc(OC)c(OC)c3)CC2)c([N+](=O)[O-])c1. The Hall–Kier alpha value is -3.82. The molecule has 2 aromatic rings. The Balaban J connectivity index is 1.73. The summed E-state index contributed by atoms with van der Waals surface area (Å²) in [5.74, 6) is 0.243. The van der Waals surface area contributed by atoms with Gasteiger partial charge in [-0.25, -0.2) is 4.79 Å². The quantitative estimate of drug-likeness (QED) is 0.365. The molecule has 1 aliphatic rings. The summed E-state index contributed by atoms with van der Waals surface area (Å²) in [4.78, 5) is 39.5. The van der Waals surface area contributed by atoms with Crippen molar-refractivity contribution in [3.63, 3.8) is 0 Å². The minimum atomic E-state index is -0.604. The van der Waals surface area contributed by atoms with Gasteiger partial charge >= 0.3 is 5.97 Å². The van der Waals surface area contributed by atoms with Gasteiger partial charge in [0, 0.05) is 37.8 Å². The van der Waals surface area contributed by atoms with Crippen LogP contribution in [0.5, 0.6) is 11.5 Å². The van der Waals surface area contributed by atoms with Crippen LogP contribution in [-0.4, -0.2) is 68.7 Å². The van der Waals surface area contributed by atoms with Crippen LogP contribution in [0.25, 0.3) is 0 Å². The van der Waals surface area contributed by atoms with Gasteiger partial charge in [-0.3, -0.25) is 14.9 Å². The Kier molecular flexibility index (Phi) is 7.14. The highest BCUT2D eigenvalue weighted by Crippen LogP contribution is 2.31. The Bertz CT molecular complexity index is 1020. The summed E-state index contributed by atoms with van der Waals surface area (Å²) < 4.78 is 15.4. The lowest BCUT2D eigenvalue weighted by molar-refractivity contribution is -0.384. The van der Waals surface area contributed by atoms with Crippen LogP contribution in [0.1, 0.15) is 27.6 Å². The van der Waals surface area contributed by atoms with Gasteiger partial charge in [-0.2, -0.15) is 0 Å². The zero-order valence-electron chi connectivity index (χ0n) is 18.2. The number of rotatable bonds is 7. The fraction of sp³-hybridized carbons (Fsp3) is 0.364. The molecule has 10 heteroatoms. The van der Waals surface area contributed by atoms with Crippen LogP contribution >= 0.6 is 0 Å². The first-order valence-electron chi connectivity index (χ1n) is 10.1. The van der Waals surface area contributed by atoms with E-state index < -0.39 is 10.9 Å². The predicted molar refractivity (Wildman–Crippen MR) is 117 cm³/mol. The van der Waals surface area contributed by atoms with E-state index in [4.69, 9.17) is 14.2 Å². The highest BCUT2D eigenvalue weighted by atomic mass is 16.6. The molecule has 0 bridgehead atoms. The number of nitro benzene ring substituents is 1. The number of esters is 1. The first-order chi connectivity index (χ1) is 15.4. The number of benzene rings is 2. The standard InChI is InChI=1S/C22H25N3O7/c1-4-32-22(27)16-5-7-17(18(13-16)25(28)29)23-9-11-24(12-10-23)21(26)15-6-8-19(30-2)20(14-15)31-3/h5-8,13-14H,4,9-12H2,1-3H3. The summed E-state index contributed by atoms with van der Waals surface area (Å²) in [6.45, 7) is 3.47. The molecule has 3 rings (SSSR count). The van der Waals surface area contributed by atoms with Crippen LogP contribution in [0.3, 0.4) is 0 Å². The lowest BCUT2D eigenvalue weighted by atomic mass is 10.1. The van der Waals surface area contributed by atoms with Crippen molar-refractivity contribution in [1.29, 1.82) is 0 Å². The third kappa shape index (κ3) is 4.74. The molecule has 1 aliphatic heterocycles. The zero-order valence-corrected chi connectivity index (χ0v) is 18.2. The fourth-order valence-corrected chi connectivity index (χ4v) is 3.58. The molecule has 0 aliphatic carbocycles. The summed E-state index contributed by atoms with van der Waals surface area (Å²) in [6.07, 6.45) is 0. The minimum absolute atomic E-state index is 0.129. The molecule has 1 amide bonds. The number of nitrogens with zero attached hydrogens (tertiary/aromatic N) is 3. The molecule has 0 atom stereocenters. The third-order valence-corrected chi connectivity index (χ3v) is 5.22. The second-order valence-corrected chi connectivity index (χ2v) is 7.03. The number of carbonyl (C=O) groups is 2. The van der Waals surface area contributed by atoms with Crippen molar-refractivity contribution in [2.75, 3.05) is 51.9 Å². The summed E-state index contributed by atoms with van der Waals surface area (Å²) in [5.41, 5.74) is 0.835. The van der Waals surface area contributed by atoms with Crippen molar-refractivity contribution >= 4 is 23.3 Å². The maximum absolute atomic E-state index is 12.9. The highest BCUT2D eigenvalue weighted by molar-refractivity contribution is 5.95. The van der Waals surface area contributed by atoms with Crippen LogP contribution in [0, 0.1) is 10.1 Å². The van der Waals surface area contributed by atoms with Gasteiger partial charge in [0.2, 0.25) is 0 Å². The second kappa shape index (κ2) is 9.99. The average molecular weight is 443 g/mol. The van der Waals surface area contributed by atoms with Gasteiger partial charge in [0.05, 0.1) is 31.3 Å². The van der Waals surface area contributed by atoms with E-state index in [1.54, 1.807) is 36.1 Å². The number of hydrogen-bond donors (Lipinski definition) is 0. The summed E-state index contributed by atoms with van der Waals surface area (Å²) in [6, 6.07) is 9.28. The Morgan fingerprint density at radius 2 is 1.62 bits per heavy atom. The minimum Gasteiger partial charge on any atom is -0.493 e. The topological polar surface area (TPSA) is 111 Å². The average Bonchev–Trinajstić information content (AvgIpc) is 2.83. The van der Waals surface area contributed by atoms with Crippen LogP contribution in [0.4, 0.5) is 11.4 Å². The molecule has 10 nitrogen and oxygen atoms in total.